The number of quaternary nitrogens is 1. The smallest absolute Gasteiger partial charge is 0.0915 e. The highest BCUT2D eigenvalue weighted by molar-refractivity contribution is 4.72. The zero-order valence-corrected chi connectivity index (χ0v) is 26.7. The van der Waals surface area contributed by atoms with Crippen molar-refractivity contribution in [2.45, 2.75) is 181 Å². The summed E-state index contributed by atoms with van der Waals surface area (Å²) in [6.45, 7) is 9.56. The van der Waals surface area contributed by atoms with Gasteiger partial charge in [-0.25, -0.2) is 0 Å². The summed E-state index contributed by atoms with van der Waals surface area (Å²) in [6.07, 6.45) is 40.8. The fraction of sp³-hybridized carbons (Fsp3) is 0.939. The molecule has 0 unspecified atom stereocenters. The summed E-state index contributed by atoms with van der Waals surface area (Å²) in [5, 5.41) is 0. The van der Waals surface area contributed by atoms with E-state index < -0.39 is 0 Å². The SMILES string of the molecule is CCC=C[N+](C)(CCCCCCCCCCCCCC)CCCCCCCCCCCCCC.[Br-]. The number of allylic oxidation sites excluding steroid dienone is 1. The zero-order valence-electron chi connectivity index (χ0n) is 25.1. The molecule has 0 fully saturated rings. The second kappa shape index (κ2) is 30.4. The maximum Gasteiger partial charge on any atom is 0.0915 e. The lowest BCUT2D eigenvalue weighted by molar-refractivity contribution is -0.860. The summed E-state index contributed by atoms with van der Waals surface area (Å²) in [5.74, 6) is 0. The van der Waals surface area contributed by atoms with Crippen molar-refractivity contribution in [2.24, 2.45) is 0 Å². The molecule has 35 heavy (non-hydrogen) atoms. The summed E-state index contributed by atoms with van der Waals surface area (Å²) in [4.78, 5) is 0. The first-order chi connectivity index (χ1) is 16.7. The molecule has 0 spiro atoms. The molecule has 0 aliphatic rings. The minimum absolute atomic E-state index is 0. The van der Waals surface area contributed by atoms with Gasteiger partial charge in [0, 0.05) is 0 Å². The Balaban J connectivity index is 0. The van der Waals surface area contributed by atoms with Gasteiger partial charge in [-0.2, -0.15) is 0 Å². The van der Waals surface area contributed by atoms with Gasteiger partial charge in [-0.1, -0.05) is 149 Å². The molecule has 0 aromatic heterocycles. The van der Waals surface area contributed by atoms with Crippen molar-refractivity contribution in [3.63, 3.8) is 0 Å². The normalized spacial score (nSPS) is 11.9. The standard InChI is InChI=1S/C33H68N.BrH/c1-5-8-11-13-15-17-19-21-23-25-27-29-32-34(4,31-10-7-3)33-30-28-26-24-22-20-18-16-14-12-9-6-2;/h10,31H,5-9,11-30,32-33H2,1-4H3;1H/q+1;/p-1. The number of nitrogens with zero attached hydrogens (tertiary/aromatic N) is 1. The Bertz CT molecular complexity index is 378. The summed E-state index contributed by atoms with van der Waals surface area (Å²) >= 11 is 0. The third kappa shape index (κ3) is 28.6. The Morgan fingerprint density at radius 2 is 0.657 bits per heavy atom. The minimum Gasteiger partial charge on any atom is -1.00 e. The third-order valence-corrected chi connectivity index (χ3v) is 7.75. The van der Waals surface area contributed by atoms with Crippen LogP contribution in [-0.4, -0.2) is 24.6 Å². The van der Waals surface area contributed by atoms with Crippen LogP contribution in [-0.2, 0) is 0 Å². The van der Waals surface area contributed by atoms with E-state index >= 15 is 0 Å². The molecule has 0 aliphatic heterocycles. The van der Waals surface area contributed by atoms with Crippen molar-refractivity contribution in [3.05, 3.63) is 12.3 Å². The van der Waals surface area contributed by atoms with E-state index in [1.54, 1.807) is 0 Å². The van der Waals surface area contributed by atoms with E-state index in [9.17, 15) is 0 Å². The molecule has 0 saturated carbocycles. The molecule has 0 saturated heterocycles. The first kappa shape index (κ1) is 37.3. The van der Waals surface area contributed by atoms with Crippen LogP contribution in [0.3, 0.4) is 0 Å². The second-order valence-electron chi connectivity index (χ2n) is 11.5. The number of hydrogen-bond donors (Lipinski definition) is 0. The highest BCUT2D eigenvalue weighted by Crippen LogP contribution is 2.16. The predicted molar refractivity (Wildman–Crippen MR) is 158 cm³/mol. The van der Waals surface area contributed by atoms with Crippen molar-refractivity contribution in [1.29, 1.82) is 0 Å². The molecule has 0 amide bonds. The van der Waals surface area contributed by atoms with Crippen LogP contribution in [0.25, 0.3) is 0 Å². The maximum atomic E-state index is 2.51. The molecular weight excluding hydrogens is 490 g/mol. The summed E-state index contributed by atoms with van der Waals surface area (Å²) in [7, 11) is 2.48. The maximum absolute atomic E-state index is 2.51. The van der Waals surface area contributed by atoms with Crippen LogP contribution in [0.1, 0.15) is 181 Å². The van der Waals surface area contributed by atoms with Crippen LogP contribution in [0.5, 0.6) is 0 Å². The van der Waals surface area contributed by atoms with Gasteiger partial charge in [0.15, 0.2) is 0 Å². The van der Waals surface area contributed by atoms with Gasteiger partial charge in [0.25, 0.3) is 0 Å². The fourth-order valence-electron chi connectivity index (χ4n) is 5.25. The molecule has 0 aromatic rings. The average molecular weight is 559 g/mol. The summed E-state index contributed by atoms with van der Waals surface area (Å²) in [5.41, 5.74) is 0. The highest BCUT2D eigenvalue weighted by atomic mass is 79.9. The Morgan fingerprint density at radius 3 is 0.914 bits per heavy atom. The van der Waals surface area contributed by atoms with Gasteiger partial charge >= 0.3 is 0 Å². The monoisotopic (exact) mass is 557 g/mol. The summed E-state index contributed by atoms with van der Waals surface area (Å²) in [6, 6.07) is 0. The van der Waals surface area contributed by atoms with Gasteiger partial charge in [-0.05, 0) is 38.2 Å². The van der Waals surface area contributed by atoms with Crippen molar-refractivity contribution >= 4 is 0 Å². The third-order valence-electron chi connectivity index (χ3n) is 7.75. The lowest BCUT2D eigenvalue weighted by atomic mass is 10.0. The lowest BCUT2D eigenvalue weighted by Gasteiger charge is -2.30. The van der Waals surface area contributed by atoms with Crippen molar-refractivity contribution < 1.29 is 21.5 Å². The topological polar surface area (TPSA) is 0 Å². The van der Waals surface area contributed by atoms with Crippen LogP contribution in [0, 0.1) is 0 Å². The molecule has 0 atom stereocenters. The van der Waals surface area contributed by atoms with Gasteiger partial charge < -0.3 is 17.0 Å². The van der Waals surface area contributed by atoms with Crippen LogP contribution in [0.15, 0.2) is 12.3 Å². The molecule has 0 N–H and O–H groups in total. The molecule has 0 aliphatic carbocycles. The molecular formula is C33H68BrN. The Morgan fingerprint density at radius 1 is 0.400 bits per heavy atom. The number of halogens is 1. The van der Waals surface area contributed by atoms with Crippen molar-refractivity contribution in [1.82, 2.24) is 0 Å². The lowest BCUT2D eigenvalue weighted by Crippen LogP contribution is -3.00. The average Bonchev–Trinajstić information content (AvgIpc) is 2.84. The van der Waals surface area contributed by atoms with E-state index in [1.807, 2.05) is 0 Å². The van der Waals surface area contributed by atoms with Crippen molar-refractivity contribution in [2.75, 3.05) is 20.1 Å². The number of hydrogen-bond acceptors (Lipinski definition) is 0. The van der Waals surface area contributed by atoms with Gasteiger partial charge in [0.2, 0.25) is 0 Å². The molecule has 2 heteroatoms. The van der Waals surface area contributed by atoms with Crippen LogP contribution < -0.4 is 17.0 Å². The quantitative estimate of drug-likeness (QED) is 0.0665. The Kier molecular flexibility index (Phi) is 32.4. The molecule has 0 heterocycles. The van der Waals surface area contributed by atoms with Crippen molar-refractivity contribution in [3.8, 4) is 0 Å². The molecule has 1 nitrogen and oxygen atoms in total. The summed E-state index contributed by atoms with van der Waals surface area (Å²) < 4.78 is 1.17. The van der Waals surface area contributed by atoms with E-state index in [4.69, 9.17) is 0 Å². The van der Waals surface area contributed by atoms with Crippen LogP contribution >= 0.6 is 0 Å². The highest BCUT2D eigenvalue weighted by Gasteiger charge is 2.17. The van der Waals surface area contributed by atoms with E-state index in [2.05, 4.69) is 40.1 Å². The molecule has 0 aromatic carbocycles. The largest absolute Gasteiger partial charge is 1.00 e. The van der Waals surface area contributed by atoms with Gasteiger partial charge in [-0.15, -0.1) is 0 Å². The molecule has 0 bridgehead atoms. The van der Waals surface area contributed by atoms with Crippen LogP contribution in [0.4, 0.5) is 0 Å². The number of rotatable bonds is 28. The molecule has 0 rings (SSSR count). The van der Waals surface area contributed by atoms with E-state index in [1.165, 1.54) is 178 Å². The first-order valence-electron chi connectivity index (χ1n) is 16.2. The van der Waals surface area contributed by atoms with Gasteiger partial charge in [-0.3, -0.25) is 4.48 Å². The minimum atomic E-state index is 0. The second-order valence-corrected chi connectivity index (χ2v) is 11.5. The predicted octanol–water partition coefficient (Wildman–Crippen LogP) is 8.76. The van der Waals surface area contributed by atoms with E-state index in [0.717, 1.165) is 0 Å². The zero-order chi connectivity index (χ0) is 25.0. The fourth-order valence-corrected chi connectivity index (χ4v) is 5.25. The van der Waals surface area contributed by atoms with E-state index in [-0.39, 0.29) is 17.0 Å². The van der Waals surface area contributed by atoms with Gasteiger partial charge in [0.1, 0.15) is 0 Å². The molecule has 0 radical (unpaired) electrons. The molecule has 212 valence electrons. The Labute approximate surface area is 234 Å². The van der Waals surface area contributed by atoms with E-state index in [0.29, 0.717) is 0 Å². The number of unbranched alkanes of at least 4 members (excludes halogenated alkanes) is 22. The van der Waals surface area contributed by atoms with Gasteiger partial charge in [0.05, 0.1) is 26.3 Å². The first-order valence-corrected chi connectivity index (χ1v) is 16.2. The van der Waals surface area contributed by atoms with Crippen LogP contribution in [0.2, 0.25) is 0 Å². The Hall–Kier alpha value is 0.180.